The van der Waals surface area contributed by atoms with Crippen LogP contribution in [0.25, 0.3) is 11.0 Å². The monoisotopic (exact) mass is 470 g/mol. The predicted octanol–water partition coefficient (Wildman–Crippen LogP) is 6.87. The van der Waals surface area contributed by atoms with Crippen molar-refractivity contribution < 1.29 is 19.1 Å². The van der Waals surface area contributed by atoms with Crippen molar-refractivity contribution in [3.63, 3.8) is 0 Å². The van der Waals surface area contributed by atoms with Crippen LogP contribution in [0.4, 0.5) is 0 Å². The van der Waals surface area contributed by atoms with Gasteiger partial charge in [0.05, 0.1) is 24.2 Å². The Morgan fingerprint density at radius 1 is 0.735 bits per heavy atom. The minimum Gasteiger partial charge on any atom is -0.461 e. The third-order valence-electron chi connectivity index (χ3n) is 5.57. The zero-order valence-electron chi connectivity index (χ0n) is 22.2. The second kappa shape index (κ2) is 11.8. The third-order valence-corrected chi connectivity index (χ3v) is 5.57. The van der Waals surface area contributed by atoms with Crippen LogP contribution in [0, 0.1) is 22.7 Å². The Balaban J connectivity index is 2.10. The minimum atomic E-state index is -0.644. The van der Waals surface area contributed by atoms with E-state index >= 15 is 0 Å². The van der Waals surface area contributed by atoms with Crippen LogP contribution >= 0.6 is 0 Å². The van der Waals surface area contributed by atoms with Crippen molar-refractivity contribution >= 4 is 23.0 Å². The Bertz CT molecular complexity index is 894. The molecule has 0 saturated carbocycles. The van der Waals surface area contributed by atoms with Crippen molar-refractivity contribution in [3.8, 4) is 0 Å². The number of aromatic nitrogens is 2. The van der Waals surface area contributed by atoms with E-state index in [2.05, 4.69) is 65.4 Å². The number of rotatable bonds is 10. The summed E-state index contributed by atoms with van der Waals surface area (Å²) in [4.78, 5) is 34.6. The summed E-state index contributed by atoms with van der Waals surface area (Å²) in [7, 11) is 0. The molecular weight excluding hydrogens is 428 g/mol. The van der Waals surface area contributed by atoms with Gasteiger partial charge in [0.1, 0.15) is 0 Å². The molecule has 188 valence electrons. The maximum Gasteiger partial charge on any atom is 0.359 e. The molecular formula is C28H42N2O4. The average Bonchev–Trinajstić information content (AvgIpc) is 2.70. The van der Waals surface area contributed by atoms with Crippen molar-refractivity contribution in [2.75, 3.05) is 13.2 Å². The standard InChI is InChI=1S/C28H42N2O4/c1-19(17-27(3,4)5)13-15-33-25(31)23-24(30-22-12-10-9-11-21(22)29-23)26(32)34-16-14-20(2)18-28(6,7)8/h9-12,19-20H,13-18H2,1-8H3. The van der Waals surface area contributed by atoms with Crippen LogP contribution < -0.4 is 0 Å². The van der Waals surface area contributed by atoms with Crippen molar-refractivity contribution in [1.29, 1.82) is 0 Å². The molecule has 0 saturated heterocycles. The number of hydrogen-bond acceptors (Lipinski definition) is 6. The summed E-state index contributed by atoms with van der Waals surface area (Å²) in [5.41, 5.74) is 1.32. The van der Waals surface area contributed by atoms with Gasteiger partial charge in [-0.1, -0.05) is 67.5 Å². The molecule has 0 aliphatic carbocycles. The summed E-state index contributed by atoms with van der Waals surface area (Å²) >= 11 is 0. The van der Waals surface area contributed by atoms with E-state index in [-0.39, 0.29) is 35.4 Å². The SMILES string of the molecule is CC(CCOC(=O)c1nc2ccccc2nc1C(=O)OCCC(C)CC(C)(C)C)CC(C)(C)C. The first-order valence-corrected chi connectivity index (χ1v) is 12.4. The lowest BCUT2D eigenvalue weighted by atomic mass is 9.84. The predicted molar refractivity (Wildman–Crippen MR) is 136 cm³/mol. The molecule has 0 fully saturated rings. The van der Waals surface area contributed by atoms with Gasteiger partial charge >= 0.3 is 11.9 Å². The molecule has 2 aromatic rings. The largest absolute Gasteiger partial charge is 0.461 e. The van der Waals surface area contributed by atoms with E-state index in [4.69, 9.17) is 9.47 Å². The van der Waals surface area contributed by atoms with Gasteiger partial charge in [-0.15, -0.1) is 0 Å². The highest BCUT2D eigenvalue weighted by Crippen LogP contribution is 2.27. The number of esters is 2. The van der Waals surface area contributed by atoms with E-state index in [9.17, 15) is 9.59 Å². The van der Waals surface area contributed by atoms with Crippen molar-refractivity contribution in [2.24, 2.45) is 22.7 Å². The van der Waals surface area contributed by atoms with Gasteiger partial charge in [0.15, 0.2) is 11.4 Å². The van der Waals surface area contributed by atoms with E-state index < -0.39 is 11.9 Å². The summed E-state index contributed by atoms with van der Waals surface area (Å²) in [5.74, 6) is -0.464. The Hall–Kier alpha value is -2.50. The highest BCUT2D eigenvalue weighted by Gasteiger charge is 2.25. The van der Waals surface area contributed by atoms with E-state index in [1.807, 2.05) is 12.1 Å². The topological polar surface area (TPSA) is 78.4 Å². The second-order valence-electron chi connectivity index (χ2n) is 12.0. The molecule has 2 rings (SSSR count). The van der Waals surface area contributed by atoms with Crippen LogP contribution in [0.5, 0.6) is 0 Å². The Labute approximate surface area is 204 Å². The van der Waals surface area contributed by atoms with E-state index in [1.54, 1.807) is 12.1 Å². The first-order chi connectivity index (χ1) is 15.7. The molecule has 0 radical (unpaired) electrons. The highest BCUT2D eigenvalue weighted by atomic mass is 16.5. The number of para-hydroxylation sites is 2. The summed E-state index contributed by atoms with van der Waals surface area (Å²) in [6, 6.07) is 7.14. The molecule has 34 heavy (non-hydrogen) atoms. The first kappa shape index (κ1) is 27.7. The Kier molecular flexibility index (Phi) is 9.60. The van der Waals surface area contributed by atoms with Gasteiger partial charge in [-0.25, -0.2) is 19.6 Å². The molecule has 0 spiro atoms. The zero-order valence-corrected chi connectivity index (χ0v) is 22.2. The Morgan fingerprint density at radius 3 is 1.41 bits per heavy atom. The van der Waals surface area contributed by atoms with E-state index in [1.165, 1.54) is 0 Å². The lowest BCUT2D eigenvalue weighted by Crippen LogP contribution is -2.20. The van der Waals surface area contributed by atoms with Crippen LogP contribution in [0.2, 0.25) is 0 Å². The van der Waals surface area contributed by atoms with Gasteiger partial charge in [0.2, 0.25) is 0 Å². The number of ether oxygens (including phenoxy) is 2. The van der Waals surface area contributed by atoms with E-state index in [0.29, 0.717) is 22.9 Å². The fourth-order valence-electron chi connectivity index (χ4n) is 4.42. The van der Waals surface area contributed by atoms with Crippen LogP contribution in [-0.4, -0.2) is 35.1 Å². The van der Waals surface area contributed by atoms with Crippen LogP contribution in [-0.2, 0) is 9.47 Å². The number of fused-ring (bicyclic) bond motifs is 1. The summed E-state index contributed by atoms with van der Waals surface area (Å²) in [6.45, 7) is 18.0. The fraction of sp³-hybridized carbons (Fsp3) is 0.643. The molecule has 0 aliphatic rings. The lowest BCUT2D eigenvalue weighted by Gasteiger charge is -2.23. The number of hydrogen-bond donors (Lipinski definition) is 0. The minimum absolute atomic E-state index is 0.0880. The number of nitrogens with zero attached hydrogens (tertiary/aromatic N) is 2. The molecule has 6 heteroatoms. The number of benzene rings is 1. The molecule has 1 heterocycles. The molecule has 0 bridgehead atoms. The van der Waals surface area contributed by atoms with Gasteiger partial charge in [-0.2, -0.15) is 0 Å². The van der Waals surface area contributed by atoms with Crippen LogP contribution in [0.1, 0.15) is 102 Å². The molecule has 0 amide bonds. The van der Waals surface area contributed by atoms with Crippen molar-refractivity contribution in [2.45, 2.75) is 81.1 Å². The molecule has 0 aliphatic heterocycles. The Morgan fingerprint density at radius 2 is 1.09 bits per heavy atom. The molecule has 1 aromatic heterocycles. The van der Waals surface area contributed by atoms with Crippen LogP contribution in [0.15, 0.2) is 24.3 Å². The third kappa shape index (κ3) is 9.40. The molecule has 6 nitrogen and oxygen atoms in total. The van der Waals surface area contributed by atoms with E-state index in [0.717, 1.165) is 25.7 Å². The zero-order chi connectivity index (χ0) is 25.5. The summed E-state index contributed by atoms with van der Waals surface area (Å²) in [5, 5.41) is 0. The molecule has 0 N–H and O–H groups in total. The highest BCUT2D eigenvalue weighted by molar-refractivity contribution is 6.02. The quantitative estimate of drug-likeness (QED) is 0.353. The molecule has 2 atom stereocenters. The molecule has 1 aromatic carbocycles. The normalized spacial score (nSPS) is 14.0. The first-order valence-electron chi connectivity index (χ1n) is 12.4. The second-order valence-corrected chi connectivity index (χ2v) is 12.0. The maximum absolute atomic E-state index is 12.9. The van der Waals surface area contributed by atoms with Gasteiger partial charge in [-0.3, -0.25) is 0 Å². The van der Waals surface area contributed by atoms with Crippen molar-refractivity contribution in [3.05, 3.63) is 35.7 Å². The van der Waals surface area contributed by atoms with Gasteiger partial charge in [-0.05, 0) is 60.5 Å². The fourth-order valence-corrected chi connectivity index (χ4v) is 4.42. The lowest BCUT2D eigenvalue weighted by molar-refractivity contribution is 0.0420. The average molecular weight is 471 g/mol. The van der Waals surface area contributed by atoms with Gasteiger partial charge in [0.25, 0.3) is 0 Å². The van der Waals surface area contributed by atoms with Gasteiger partial charge < -0.3 is 9.47 Å². The maximum atomic E-state index is 12.9. The van der Waals surface area contributed by atoms with Crippen LogP contribution in [0.3, 0.4) is 0 Å². The summed E-state index contributed by atoms with van der Waals surface area (Å²) < 4.78 is 11.0. The molecule has 2 unspecified atom stereocenters. The van der Waals surface area contributed by atoms with Crippen molar-refractivity contribution in [1.82, 2.24) is 9.97 Å². The smallest absolute Gasteiger partial charge is 0.359 e. The summed E-state index contributed by atoms with van der Waals surface area (Å²) in [6.07, 6.45) is 3.56. The van der Waals surface area contributed by atoms with Gasteiger partial charge in [0, 0.05) is 0 Å². The number of carbonyl (C=O) groups excluding carboxylic acids is 2. The number of carbonyl (C=O) groups is 2.